The van der Waals surface area contributed by atoms with Gasteiger partial charge < -0.3 is 29.9 Å². The van der Waals surface area contributed by atoms with Gasteiger partial charge in [0.2, 0.25) is 0 Å². The molecule has 2 aromatic rings. The van der Waals surface area contributed by atoms with Gasteiger partial charge in [-0.3, -0.25) is 0 Å². The number of benzene rings is 2. The molecule has 0 aliphatic carbocycles. The highest BCUT2D eigenvalue weighted by atomic mass is 16.5. The summed E-state index contributed by atoms with van der Waals surface area (Å²) in [6.45, 7) is -1.01. The Bertz CT molecular complexity index is 523. The third-order valence-corrected chi connectivity index (χ3v) is 3.53. The van der Waals surface area contributed by atoms with Crippen LogP contribution in [-0.2, 0) is 0 Å². The van der Waals surface area contributed by atoms with Gasteiger partial charge in [0.05, 0.1) is 13.2 Å². The van der Waals surface area contributed by atoms with E-state index in [1.165, 1.54) is 0 Å². The first-order valence-corrected chi connectivity index (χ1v) is 7.67. The predicted octanol–water partition coefficient (Wildman–Crippen LogP) is 0.588. The first kappa shape index (κ1) is 18.2. The van der Waals surface area contributed by atoms with Gasteiger partial charge in [-0.1, -0.05) is 36.4 Å². The number of aliphatic hydroxyl groups excluding tert-OH is 4. The molecule has 0 aliphatic heterocycles. The summed E-state index contributed by atoms with van der Waals surface area (Å²) in [5.41, 5.74) is 0. The van der Waals surface area contributed by atoms with Gasteiger partial charge in [-0.05, 0) is 24.3 Å². The van der Waals surface area contributed by atoms with Crippen LogP contribution < -0.4 is 9.47 Å². The molecule has 0 fully saturated rings. The van der Waals surface area contributed by atoms with E-state index in [2.05, 4.69) is 0 Å². The quantitative estimate of drug-likeness (QED) is 0.536. The van der Waals surface area contributed by atoms with Crippen LogP contribution in [0.4, 0.5) is 0 Å². The molecule has 2 rings (SSSR count). The van der Waals surface area contributed by atoms with Gasteiger partial charge in [0.15, 0.2) is 12.2 Å². The third-order valence-electron chi connectivity index (χ3n) is 3.53. The Morgan fingerprint density at radius 3 is 1.25 bits per heavy atom. The van der Waals surface area contributed by atoms with E-state index in [9.17, 15) is 20.4 Å². The maximum Gasteiger partial charge on any atom is 0.150 e. The minimum absolute atomic E-state index is 0.451. The number of hydrogen-bond donors (Lipinski definition) is 4. The summed E-state index contributed by atoms with van der Waals surface area (Å²) in [6.07, 6.45) is -5.02. The highest BCUT2D eigenvalue weighted by molar-refractivity contribution is 5.22. The van der Waals surface area contributed by atoms with Crippen molar-refractivity contribution in [3.05, 3.63) is 60.7 Å². The Hall–Kier alpha value is -2.12. The van der Waals surface area contributed by atoms with Crippen molar-refractivity contribution in [3.8, 4) is 11.5 Å². The van der Waals surface area contributed by atoms with E-state index >= 15 is 0 Å². The van der Waals surface area contributed by atoms with Crippen LogP contribution in [0, 0.1) is 0 Å². The molecule has 0 bridgehead atoms. The molecule has 0 radical (unpaired) electrons. The van der Waals surface area contributed by atoms with E-state index in [4.69, 9.17) is 9.47 Å². The molecule has 0 amide bonds. The maximum absolute atomic E-state index is 10.3. The van der Waals surface area contributed by atoms with Crippen molar-refractivity contribution in [1.29, 1.82) is 0 Å². The molecular weight excluding hydrogens is 312 g/mol. The third kappa shape index (κ3) is 4.94. The van der Waals surface area contributed by atoms with Gasteiger partial charge in [-0.2, -0.15) is 0 Å². The van der Waals surface area contributed by atoms with Crippen LogP contribution in [0.1, 0.15) is 0 Å². The second-order valence-corrected chi connectivity index (χ2v) is 5.29. The van der Waals surface area contributed by atoms with Crippen LogP contribution in [0.25, 0.3) is 0 Å². The molecule has 0 saturated carbocycles. The van der Waals surface area contributed by atoms with E-state index in [1.54, 1.807) is 48.5 Å². The number of para-hydroxylation sites is 2. The summed E-state index contributed by atoms with van der Waals surface area (Å²) in [6, 6.07) is 17.3. The average Bonchev–Trinajstić information content (AvgIpc) is 2.64. The summed E-state index contributed by atoms with van der Waals surface area (Å²) in [7, 11) is 0. The van der Waals surface area contributed by atoms with E-state index in [0.29, 0.717) is 11.5 Å². The second kappa shape index (κ2) is 9.24. The molecule has 6 nitrogen and oxygen atoms in total. The molecule has 4 atom stereocenters. The van der Waals surface area contributed by atoms with E-state index in [1.807, 2.05) is 12.1 Å². The van der Waals surface area contributed by atoms with Crippen molar-refractivity contribution < 1.29 is 29.9 Å². The molecule has 0 heterocycles. The molecule has 6 heteroatoms. The van der Waals surface area contributed by atoms with Crippen LogP contribution in [0.15, 0.2) is 60.7 Å². The zero-order valence-corrected chi connectivity index (χ0v) is 13.1. The van der Waals surface area contributed by atoms with Gasteiger partial charge in [-0.15, -0.1) is 0 Å². The second-order valence-electron chi connectivity index (χ2n) is 5.29. The van der Waals surface area contributed by atoms with E-state index in [-0.39, 0.29) is 0 Å². The molecule has 24 heavy (non-hydrogen) atoms. The van der Waals surface area contributed by atoms with Crippen LogP contribution in [0.2, 0.25) is 0 Å². The smallest absolute Gasteiger partial charge is 0.150 e. The topological polar surface area (TPSA) is 99.4 Å². The lowest BCUT2D eigenvalue weighted by molar-refractivity contribution is -0.110. The van der Waals surface area contributed by atoms with Gasteiger partial charge in [0.25, 0.3) is 0 Å². The average molecular weight is 334 g/mol. The van der Waals surface area contributed by atoms with Crippen LogP contribution >= 0.6 is 0 Å². The van der Waals surface area contributed by atoms with Gasteiger partial charge in [-0.25, -0.2) is 0 Å². The molecule has 0 spiro atoms. The van der Waals surface area contributed by atoms with Crippen molar-refractivity contribution in [2.24, 2.45) is 0 Å². The summed E-state index contributed by atoms with van der Waals surface area (Å²) in [5, 5.41) is 39.5. The Kier molecular flexibility index (Phi) is 7.02. The lowest BCUT2D eigenvalue weighted by Crippen LogP contribution is -2.51. The zero-order valence-electron chi connectivity index (χ0n) is 13.1. The summed E-state index contributed by atoms with van der Waals surface area (Å²) < 4.78 is 11.0. The first-order valence-electron chi connectivity index (χ1n) is 7.67. The number of ether oxygens (including phenoxy) is 2. The Labute approximate surface area is 140 Å². The lowest BCUT2D eigenvalue weighted by atomic mass is 10.0. The van der Waals surface area contributed by atoms with Crippen LogP contribution in [0.5, 0.6) is 11.5 Å². The normalized spacial score (nSPS) is 16.0. The fourth-order valence-electron chi connectivity index (χ4n) is 2.22. The molecule has 130 valence electrons. The molecular formula is C18H22O6. The molecule has 0 aliphatic rings. The molecule has 0 saturated heterocycles. The van der Waals surface area contributed by atoms with Crippen molar-refractivity contribution in [2.45, 2.75) is 24.4 Å². The van der Waals surface area contributed by atoms with Crippen LogP contribution in [-0.4, -0.2) is 58.1 Å². The number of hydrogen-bond acceptors (Lipinski definition) is 6. The van der Waals surface area contributed by atoms with Gasteiger partial charge >= 0.3 is 0 Å². The minimum atomic E-state index is -1.45. The van der Waals surface area contributed by atoms with E-state index in [0.717, 1.165) is 0 Å². The minimum Gasteiger partial charge on any atom is -0.485 e. The molecule has 4 N–H and O–H groups in total. The summed E-state index contributed by atoms with van der Waals surface area (Å²) in [5.74, 6) is 0.902. The SMILES string of the molecule is OC[C@@H](Oc1ccccc1)[C@H](O)[C@H](O)[C@@H](CO)Oc1ccccc1. The zero-order chi connectivity index (χ0) is 17.4. The monoisotopic (exact) mass is 334 g/mol. The Morgan fingerprint density at radius 1 is 0.625 bits per heavy atom. The van der Waals surface area contributed by atoms with Crippen LogP contribution in [0.3, 0.4) is 0 Å². The lowest BCUT2D eigenvalue weighted by Gasteiger charge is -2.30. The molecule has 0 aromatic heterocycles. The summed E-state index contributed by atoms with van der Waals surface area (Å²) >= 11 is 0. The van der Waals surface area contributed by atoms with Crippen molar-refractivity contribution in [2.75, 3.05) is 13.2 Å². The highest BCUT2D eigenvalue weighted by Crippen LogP contribution is 2.18. The fraction of sp³-hybridized carbons (Fsp3) is 0.333. The van der Waals surface area contributed by atoms with E-state index < -0.39 is 37.6 Å². The Morgan fingerprint density at radius 2 is 0.958 bits per heavy atom. The standard InChI is InChI=1S/C18H22O6/c19-11-15(23-13-7-3-1-4-8-13)17(21)18(22)16(12-20)24-14-9-5-2-6-10-14/h1-10,15-22H,11-12H2/t15-,16-,17-,18+/m1/s1. The maximum atomic E-state index is 10.3. The van der Waals surface area contributed by atoms with Crippen molar-refractivity contribution >= 4 is 0 Å². The number of aliphatic hydroxyl groups is 4. The molecule has 0 unspecified atom stereocenters. The van der Waals surface area contributed by atoms with Gasteiger partial charge in [0.1, 0.15) is 23.7 Å². The van der Waals surface area contributed by atoms with Gasteiger partial charge in [0, 0.05) is 0 Å². The van der Waals surface area contributed by atoms with Crippen molar-refractivity contribution in [1.82, 2.24) is 0 Å². The largest absolute Gasteiger partial charge is 0.485 e. The fourth-order valence-corrected chi connectivity index (χ4v) is 2.22. The summed E-state index contributed by atoms with van der Waals surface area (Å²) in [4.78, 5) is 0. The highest BCUT2D eigenvalue weighted by Gasteiger charge is 2.34. The Balaban J connectivity index is 2.02. The predicted molar refractivity (Wildman–Crippen MR) is 87.9 cm³/mol. The van der Waals surface area contributed by atoms with Crippen molar-refractivity contribution in [3.63, 3.8) is 0 Å². The molecule has 2 aromatic carbocycles. The number of rotatable bonds is 9. The first-order chi connectivity index (χ1) is 11.7.